The highest BCUT2D eigenvalue weighted by atomic mass is 79.9. The standard InChI is InChI=1S/C14H10BrF3N2O3S/c1-22-13(21)11-9(19)6-10(12(15)20-11)24-8-4-2-7(3-5-8)23-14(16,17)18/h2-6H,19H2,1H3. The average molecular weight is 423 g/mol. The van der Waals surface area contributed by atoms with E-state index in [1.54, 1.807) is 0 Å². The topological polar surface area (TPSA) is 74.4 Å². The molecule has 24 heavy (non-hydrogen) atoms. The third-order valence-electron chi connectivity index (χ3n) is 2.64. The Morgan fingerprint density at radius 1 is 1.29 bits per heavy atom. The molecule has 0 saturated carbocycles. The third-order valence-corrected chi connectivity index (χ3v) is 4.54. The first-order valence-electron chi connectivity index (χ1n) is 6.27. The molecular weight excluding hydrogens is 413 g/mol. The van der Waals surface area contributed by atoms with E-state index in [0.717, 1.165) is 0 Å². The maximum absolute atomic E-state index is 12.1. The van der Waals surface area contributed by atoms with E-state index in [-0.39, 0.29) is 17.1 Å². The van der Waals surface area contributed by atoms with Gasteiger partial charge in [-0.2, -0.15) is 0 Å². The molecule has 1 aromatic heterocycles. The fraction of sp³-hybridized carbons (Fsp3) is 0.143. The second-order valence-electron chi connectivity index (χ2n) is 4.33. The Labute approximate surface area is 147 Å². The van der Waals surface area contributed by atoms with Crippen molar-refractivity contribution in [2.45, 2.75) is 16.2 Å². The minimum atomic E-state index is -4.74. The number of methoxy groups -OCH3 is 1. The second kappa shape index (κ2) is 7.31. The van der Waals surface area contributed by atoms with Crippen molar-refractivity contribution in [3.05, 3.63) is 40.6 Å². The molecule has 0 unspecified atom stereocenters. The van der Waals surface area contributed by atoms with Crippen LogP contribution in [0, 0.1) is 0 Å². The van der Waals surface area contributed by atoms with Crippen LogP contribution in [0.2, 0.25) is 0 Å². The molecule has 0 atom stereocenters. The van der Waals surface area contributed by atoms with Crippen LogP contribution in [0.5, 0.6) is 5.75 Å². The summed E-state index contributed by atoms with van der Waals surface area (Å²) < 4.78 is 45.1. The zero-order valence-corrected chi connectivity index (χ0v) is 14.5. The lowest BCUT2D eigenvalue weighted by Gasteiger charge is -2.10. The van der Waals surface area contributed by atoms with E-state index in [4.69, 9.17) is 5.73 Å². The van der Waals surface area contributed by atoms with Crippen molar-refractivity contribution in [3.63, 3.8) is 0 Å². The first kappa shape index (κ1) is 18.4. The monoisotopic (exact) mass is 422 g/mol. The van der Waals surface area contributed by atoms with Gasteiger partial charge in [-0.05, 0) is 46.3 Å². The van der Waals surface area contributed by atoms with Crippen LogP contribution in [0.3, 0.4) is 0 Å². The van der Waals surface area contributed by atoms with Gasteiger partial charge in [-0.1, -0.05) is 11.8 Å². The molecule has 2 aromatic rings. The van der Waals surface area contributed by atoms with Gasteiger partial charge in [-0.15, -0.1) is 13.2 Å². The Kier molecular flexibility index (Phi) is 5.60. The lowest BCUT2D eigenvalue weighted by atomic mass is 10.3. The van der Waals surface area contributed by atoms with Crippen molar-refractivity contribution in [1.29, 1.82) is 0 Å². The first-order chi connectivity index (χ1) is 11.2. The van der Waals surface area contributed by atoms with Gasteiger partial charge in [0.1, 0.15) is 10.4 Å². The summed E-state index contributed by atoms with van der Waals surface area (Å²) in [5.41, 5.74) is 5.88. The van der Waals surface area contributed by atoms with Crippen LogP contribution in [0.1, 0.15) is 10.5 Å². The zero-order chi connectivity index (χ0) is 17.9. The minimum absolute atomic E-state index is 0.0253. The number of nitrogens with zero attached hydrogens (tertiary/aromatic N) is 1. The molecule has 0 bridgehead atoms. The largest absolute Gasteiger partial charge is 0.573 e. The number of halogens is 4. The Morgan fingerprint density at radius 3 is 2.46 bits per heavy atom. The van der Waals surface area contributed by atoms with Gasteiger partial charge < -0.3 is 15.2 Å². The Bertz CT molecular complexity index is 754. The van der Waals surface area contributed by atoms with Gasteiger partial charge in [0.15, 0.2) is 5.69 Å². The van der Waals surface area contributed by atoms with Crippen molar-refractivity contribution in [3.8, 4) is 5.75 Å². The van der Waals surface area contributed by atoms with E-state index in [0.29, 0.717) is 14.4 Å². The average Bonchev–Trinajstić information content (AvgIpc) is 2.50. The zero-order valence-electron chi connectivity index (χ0n) is 12.1. The number of hydrogen-bond donors (Lipinski definition) is 1. The number of benzene rings is 1. The lowest BCUT2D eigenvalue weighted by molar-refractivity contribution is -0.274. The molecule has 1 heterocycles. The molecule has 2 rings (SSSR count). The molecule has 0 spiro atoms. The number of alkyl halides is 3. The van der Waals surface area contributed by atoms with E-state index in [1.165, 1.54) is 49.2 Å². The van der Waals surface area contributed by atoms with Crippen LogP contribution in [0.15, 0.2) is 44.7 Å². The van der Waals surface area contributed by atoms with Crippen LogP contribution in [0.4, 0.5) is 18.9 Å². The molecule has 0 aliphatic heterocycles. The van der Waals surface area contributed by atoms with Crippen LogP contribution < -0.4 is 10.5 Å². The normalized spacial score (nSPS) is 11.2. The summed E-state index contributed by atoms with van der Waals surface area (Å²) in [5, 5.41) is 0. The molecule has 0 radical (unpaired) electrons. The second-order valence-corrected chi connectivity index (χ2v) is 6.19. The number of esters is 1. The summed E-state index contributed by atoms with van der Waals surface area (Å²) >= 11 is 4.43. The number of hydrogen-bond acceptors (Lipinski definition) is 6. The van der Waals surface area contributed by atoms with Crippen molar-refractivity contribution in [1.82, 2.24) is 4.98 Å². The highest BCUT2D eigenvalue weighted by Crippen LogP contribution is 2.35. The minimum Gasteiger partial charge on any atom is -0.464 e. The summed E-state index contributed by atoms with van der Waals surface area (Å²) in [6, 6.07) is 6.84. The summed E-state index contributed by atoms with van der Waals surface area (Å²) in [5.74, 6) is -0.983. The van der Waals surface area contributed by atoms with E-state index < -0.39 is 12.3 Å². The number of pyridine rings is 1. The molecule has 0 amide bonds. The van der Waals surface area contributed by atoms with E-state index in [9.17, 15) is 18.0 Å². The van der Waals surface area contributed by atoms with Gasteiger partial charge in [0.25, 0.3) is 0 Å². The van der Waals surface area contributed by atoms with Crippen molar-refractivity contribution in [2.75, 3.05) is 12.8 Å². The first-order valence-corrected chi connectivity index (χ1v) is 7.88. The van der Waals surface area contributed by atoms with Gasteiger partial charge in [0, 0.05) is 9.79 Å². The van der Waals surface area contributed by atoms with Gasteiger partial charge in [0.05, 0.1) is 12.8 Å². The number of nitrogens with two attached hydrogens (primary N) is 1. The molecule has 128 valence electrons. The number of ether oxygens (including phenoxy) is 2. The van der Waals surface area contributed by atoms with Gasteiger partial charge in [0.2, 0.25) is 0 Å². The van der Waals surface area contributed by atoms with Crippen molar-refractivity contribution >= 4 is 39.3 Å². The number of carbonyl (C=O) groups excluding carboxylic acids is 1. The Balaban J connectivity index is 2.19. The van der Waals surface area contributed by atoms with Crippen LogP contribution in [-0.4, -0.2) is 24.4 Å². The maximum atomic E-state index is 12.1. The number of nitrogen functional groups attached to an aromatic ring is 1. The van der Waals surface area contributed by atoms with E-state index in [2.05, 4.69) is 30.4 Å². The van der Waals surface area contributed by atoms with Gasteiger partial charge in [-0.3, -0.25) is 0 Å². The predicted molar refractivity (Wildman–Crippen MR) is 84.9 cm³/mol. The highest BCUT2D eigenvalue weighted by Gasteiger charge is 2.31. The number of anilines is 1. The summed E-state index contributed by atoms with van der Waals surface area (Å²) in [6.07, 6.45) is -4.74. The Hall–Kier alpha value is -1.94. The molecule has 1 aromatic carbocycles. The predicted octanol–water partition coefficient (Wildman–Crippen LogP) is 4.26. The molecule has 5 nitrogen and oxygen atoms in total. The molecule has 0 saturated heterocycles. The molecular formula is C14H10BrF3N2O3S. The number of aromatic nitrogens is 1. The summed E-state index contributed by atoms with van der Waals surface area (Å²) in [4.78, 5) is 16.8. The molecule has 2 N–H and O–H groups in total. The highest BCUT2D eigenvalue weighted by molar-refractivity contribution is 9.10. The van der Waals surface area contributed by atoms with Crippen LogP contribution in [-0.2, 0) is 4.74 Å². The van der Waals surface area contributed by atoms with Gasteiger partial charge in [-0.25, -0.2) is 9.78 Å². The summed E-state index contributed by atoms with van der Waals surface area (Å²) in [7, 11) is 1.21. The summed E-state index contributed by atoms with van der Waals surface area (Å²) in [6.45, 7) is 0. The SMILES string of the molecule is COC(=O)c1nc(Br)c(Sc2ccc(OC(F)(F)F)cc2)cc1N. The van der Waals surface area contributed by atoms with Crippen LogP contribution >= 0.6 is 27.7 Å². The molecule has 10 heteroatoms. The number of carbonyl (C=O) groups is 1. The smallest absolute Gasteiger partial charge is 0.464 e. The lowest BCUT2D eigenvalue weighted by Crippen LogP contribution is -2.16. The van der Waals surface area contributed by atoms with Crippen LogP contribution in [0.25, 0.3) is 0 Å². The Morgan fingerprint density at radius 2 is 1.92 bits per heavy atom. The fourth-order valence-electron chi connectivity index (χ4n) is 1.66. The molecule has 0 aliphatic carbocycles. The molecule has 0 fully saturated rings. The quantitative estimate of drug-likeness (QED) is 0.585. The van der Waals surface area contributed by atoms with Crippen molar-refractivity contribution < 1.29 is 27.4 Å². The molecule has 0 aliphatic rings. The van der Waals surface area contributed by atoms with Crippen molar-refractivity contribution in [2.24, 2.45) is 0 Å². The fourth-order valence-corrected chi connectivity index (χ4v) is 3.03. The van der Waals surface area contributed by atoms with Gasteiger partial charge >= 0.3 is 12.3 Å². The number of rotatable bonds is 4. The van der Waals surface area contributed by atoms with E-state index in [1.807, 2.05) is 0 Å². The van der Waals surface area contributed by atoms with E-state index >= 15 is 0 Å². The third kappa shape index (κ3) is 4.78. The maximum Gasteiger partial charge on any atom is 0.573 e.